The maximum absolute atomic E-state index is 12.3. The molecule has 2 aromatic rings. The summed E-state index contributed by atoms with van der Waals surface area (Å²) in [5.41, 5.74) is 2.16. The molecule has 0 aliphatic carbocycles. The van der Waals surface area contributed by atoms with E-state index in [0.717, 1.165) is 5.56 Å². The van der Waals surface area contributed by atoms with Gasteiger partial charge in [-0.25, -0.2) is 0 Å². The third-order valence-corrected chi connectivity index (χ3v) is 4.78. The second-order valence-electron chi connectivity index (χ2n) is 5.38. The van der Waals surface area contributed by atoms with Crippen LogP contribution in [0.5, 0.6) is 0 Å². The van der Waals surface area contributed by atoms with Crippen molar-refractivity contribution in [3.63, 3.8) is 0 Å². The Morgan fingerprint density at radius 2 is 1.65 bits per heavy atom. The molecule has 4 nitrogen and oxygen atoms in total. The smallest absolute Gasteiger partial charge is 0.252 e. The van der Waals surface area contributed by atoms with Gasteiger partial charge >= 0.3 is 0 Å². The van der Waals surface area contributed by atoms with E-state index < -0.39 is 11.0 Å². The minimum absolute atomic E-state index is 0.212. The van der Waals surface area contributed by atoms with Crippen LogP contribution < -0.4 is 16.0 Å². The Hall–Kier alpha value is -1.24. The number of anilines is 1. The number of alkyl halides is 2. The van der Waals surface area contributed by atoms with Gasteiger partial charge in [0.15, 0.2) is 5.11 Å². The van der Waals surface area contributed by atoms with Crippen molar-refractivity contribution in [2.45, 2.75) is 17.9 Å². The van der Waals surface area contributed by atoms with Gasteiger partial charge in [0.05, 0.1) is 10.0 Å². The third-order valence-electron chi connectivity index (χ3n) is 3.32. The zero-order chi connectivity index (χ0) is 19.3. The van der Waals surface area contributed by atoms with E-state index in [1.165, 1.54) is 0 Å². The molecule has 0 spiro atoms. The first-order valence-electron chi connectivity index (χ1n) is 7.44. The van der Waals surface area contributed by atoms with Crippen LogP contribution in [-0.4, -0.2) is 22.0 Å². The quantitative estimate of drug-likeness (QED) is 0.335. The van der Waals surface area contributed by atoms with Gasteiger partial charge in [0.2, 0.25) is 0 Å². The van der Waals surface area contributed by atoms with Crippen molar-refractivity contribution in [2.24, 2.45) is 0 Å². The van der Waals surface area contributed by atoms with Crippen LogP contribution in [0.3, 0.4) is 0 Å². The van der Waals surface area contributed by atoms with E-state index in [-0.39, 0.29) is 11.0 Å². The molecule has 138 valence electrons. The van der Waals surface area contributed by atoms with Gasteiger partial charge in [0.25, 0.3) is 5.91 Å². The highest BCUT2D eigenvalue weighted by Gasteiger charge is 2.21. The number of hydrogen-bond donors (Lipinski definition) is 3. The molecule has 0 saturated carbocycles. The summed E-state index contributed by atoms with van der Waals surface area (Å²) in [6.45, 7) is 1.94. The van der Waals surface area contributed by atoms with Crippen LogP contribution in [-0.2, 0) is 0 Å². The number of hydrogen-bond acceptors (Lipinski definition) is 2. The first-order chi connectivity index (χ1) is 12.3. The molecule has 3 N–H and O–H groups in total. The number of halogens is 4. The summed E-state index contributed by atoms with van der Waals surface area (Å²) in [4.78, 5) is 11.4. The summed E-state index contributed by atoms with van der Waals surface area (Å²) in [5, 5.41) is 9.51. The van der Waals surface area contributed by atoms with E-state index in [1.807, 2.05) is 19.1 Å². The molecule has 0 aromatic heterocycles. The number of carbonyl (C=O) groups excluding carboxylic acids is 1. The number of aryl methyl sites for hydroxylation is 1. The zero-order valence-electron chi connectivity index (χ0n) is 13.5. The van der Waals surface area contributed by atoms with Crippen molar-refractivity contribution in [1.82, 2.24) is 10.6 Å². The van der Waals surface area contributed by atoms with Gasteiger partial charge in [-0.15, -0.1) is 23.2 Å². The van der Waals surface area contributed by atoms with E-state index in [4.69, 9.17) is 58.6 Å². The van der Waals surface area contributed by atoms with Crippen molar-refractivity contribution in [3.05, 3.63) is 63.6 Å². The van der Waals surface area contributed by atoms with E-state index in [2.05, 4.69) is 16.0 Å². The molecule has 0 radical (unpaired) electrons. The lowest BCUT2D eigenvalue weighted by Gasteiger charge is -2.23. The molecule has 0 fully saturated rings. The normalized spacial score (nSPS) is 11.8. The first kappa shape index (κ1) is 21.1. The molecular formula is C17H15Cl4N3OS. The van der Waals surface area contributed by atoms with Crippen LogP contribution in [0.25, 0.3) is 0 Å². The predicted octanol–water partition coefficient (Wildman–Crippen LogP) is 5.15. The predicted molar refractivity (Wildman–Crippen MR) is 114 cm³/mol. The number of rotatable bonds is 5. The highest BCUT2D eigenvalue weighted by Crippen LogP contribution is 2.25. The lowest BCUT2D eigenvalue weighted by atomic mass is 10.1. The Bertz CT molecular complexity index is 799. The standard InChI is InChI=1S/C17H15Cl4N3OS/c1-9-2-4-10(5-3-9)16(25)23-15(14(20)21)24-17(26)22-11-6-7-12(18)13(19)8-11/h2-8,14-15H,1H3,(H,23,25)(H2,22,24,26)/t15-/m0/s1. The zero-order valence-corrected chi connectivity index (χ0v) is 17.4. The molecule has 0 saturated heterocycles. The monoisotopic (exact) mass is 449 g/mol. The minimum atomic E-state index is -0.932. The molecule has 26 heavy (non-hydrogen) atoms. The molecule has 2 aromatic carbocycles. The van der Waals surface area contributed by atoms with Crippen molar-refractivity contribution in [1.29, 1.82) is 0 Å². The number of nitrogens with one attached hydrogen (secondary N) is 3. The Morgan fingerprint density at radius 3 is 2.23 bits per heavy atom. The van der Waals surface area contributed by atoms with E-state index >= 15 is 0 Å². The summed E-state index contributed by atoms with van der Waals surface area (Å²) in [5.74, 6) is -0.328. The summed E-state index contributed by atoms with van der Waals surface area (Å²) in [7, 11) is 0. The number of amides is 1. The fourth-order valence-electron chi connectivity index (χ4n) is 1.97. The van der Waals surface area contributed by atoms with Crippen molar-refractivity contribution in [3.8, 4) is 0 Å². The van der Waals surface area contributed by atoms with Crippen molar-refractivity contribution < 1.29 is 4.79 Å². The van der Waals surface area contributed by atoms with Crippen LogP contribution in [0.2, 0.25) is 10.0 Å². The van der Waals surface area contributed by atoms with E-state index in [1.54, 1.807) is 30.3 Å². The average Bonchev–Trinajstić information content (AvgIpc) is 2.58. The maximum Gasteiger partial charge on any atom is 0.252 e. The van der Waals surface area contributed by atoms with Crippen LogP contribution >= 0.6 is 58.6 Å². The molecule has 9 heteroatoms. The van der Waals surface area contributed by atoms with Crippen molar-refractivity contribution >= 4 is 75.3 Å². The van der Waals surface area contributed by atoms with Crippen LogP contribution in [0, 0.1) is 6.92 Å². The fourth-order valence-corrected chi connectivity index (χ4v) is 2.77. The van der Waals surface area contributed by atoms with Gasteiger partial charge in [-0.1, -0.05) is 40.9 Å². The summed E-state index contributed by atoms with van der Waals surface area (Å²) >= 11 is 29.0. The third kappa shape index (κ3) is 6.18. The molecule has 1 amide bonds. The molecule has 0 heterocycles. The summed E-state index contributed by atoms with van der Waals surface area (Å²) < 4.78 is 0. The van der Waals surface area contributed by atoms with Gasteiger partial charge in [-0.05, 0) is 49.5 Å². The van der Waals surface area contributed by atoms with Gasteiger partial charge in [0.1, 0.15) is 11.0 Å². The summed E-state index contributed by atoms with van der Waals surface area (Å²) in [6, 6.07) is 12.1. The highest BCUT2D eigenvalue weighted by molar-refractivity contribution is 7.80. The topological polar surface area (TPSA) is 53.2 Å². The SMILES string of the molecule is Cc1ccc(C(=O)N[C@@H](NC(=S)Nc2ccc(Cl)c(Cl)c2)C(Cl)Cl)cc1. The average molecular weight is 451 g/mol. The van der Waals surface area contributed by atoms with Crippen LogP contribution in [0.4, 0.5) is 5.69 Å². The Kier molecular flexibility index (Phi) is 7.80. The largest absolute Gasteiger partial charge is 0.340 e. The van der Waals surface area contributed by atoms with Gasteiger partial charge in [-0.3, -0.25) is 4.79 Å². The summed E-state index contributed by atoms with van der Waals surface area (Å²) in [6.07, 6.45) is -0.796. The van der Waals surface area contributed by atoms with E-state index in [9.17, 15) is 4.79 Å². The Balaban J connectivity index is 2.00. The molecule has 0 unspecified atom stereocenters. The fraction of sp³-hybridized carbons (Fsp3) is 0.176. The maximum atomic E-state index is 12.3. The van der Waals surface area contributed by atoms with Crippen LogP contribution in [0.1, 0.15) is 15.9 Å². The van der Waals surface area contributed by atoms with Gasteiger partial charge in [0, 0.05) is 11.3 Å². The van der Waals surface area contributed by atoms with E-state index in [0.29, 0.717) is 21.3 Å². The Labute approximate surface area is 177 Å². The first-order valence-corrected chi connectivity index (χ1v) is 9.48. The molecule has 1 atom stereocenters. The minimum Gasteiger partial charge on any atom is -0.340 e. The highest BCUT2D eigenvalue weighted by atomic mass is 35.5. The molecule has 0 aliphatic rings. The van der Waals surface area contributed by atoms with Crippen LogP contribution in [0.15, 0.2) is 42.5 Å². The van der Waals surface area contributed by atoms with Gasteiger partial charge < -0.3 is 16.0 Å². The van der Waals surface area contributed by atoms with Crippen molar-refractivity contribution in [2.75, 3.05) is 5.32 Å². The lowest BCUT2D eigenvalue weighted by Crippen LogP contribution is -2.52. The molecular weight excluding hydrogens is 436 g/mol. The number of carbonyl (C=O) groups is 1. The molecule has 0 bridgehead atoms. The number of benzene rings is 2. The molecule has 0 aliphatic heterocycles. The Morgan fingerprint density at radius 1 is 1.00 bits per heavy atom. The van der Waals surface area contributed by atoms with Gasteiger partial charge in [-0.2, -0.15) is 0 Å². The molecule has 2 rings (SSSR count). The second-order valence-corrected chi connectivity index (χ2v) is 7.77. The lowest BCUT2D eigenvalue weighted by molar-refractivity contribution is 0.0936. The second kappa shape index (κ2) is 9.62. The number of thiocarbonyl (C=S) groups is 1.